The molecule has 0 radical (unpaired) electrons. The number of nitrogens with one attached hydrogen (secondary N) is 1. The summed E-state index contributed by atoms with van der Waals surface area (Å²) in [6.45, 7) is 1.36. The van der Waals surface area contributed by atoms with Crippen molar-refractivity contribution in [1.29, 1.82) is 0 Å². The summed E-state index contributed by atoms with van der Waals surface area (Å²) in [6, 6.07) is 7.61. The van der Waals surface area contributed by atoms with E-state index in [0.29, 0.717) is 11.6 Å². The second-order valence-corrected chi connectivity index (χ2v) is 7.00. The topological polar surface area (TPSA) is 50.9 Å². The number of nitrogens with zero attached hydrogens (tertiary/aromatic N) is 1. The first-order valence-corrected chi connectivity index (χ1v) is 11.0. The molecule has 0 unspecified atom stereocenters. The summed E-state index contributed by atoms with van der Waals surface area (Å²) in [5.41, 5.74) is 7.38. The molecular formula is C11H12Cl3N3Pt. The predicted octanol–water partition coefficient (Wildman–Crippen LogP) is 3.64. The summed E-state index contributed by atoms with van der Waals surface area (Å²) in [5, 5.41) is 5.01. The molecule has 7 heteroatoms. The van der Waals surface area contributed by atoms with Gasteiger partial charge in [0.2, 0.25) is 0 Å². The van der Waals surface area contributed by atoms with Gasteiger partial charge in [0.05, 0.1) is 5.52 Å². The van der Waals surface area contributed by atoms with E-state index in [1.54, 1.807) is 6.20 Å². The summed E-state index contributed by atoms with van der Waals surface area (Å²) in [7, 11) is 9.75. The molecule has 3 N–H and O–H groups in total. The number of hydrogen-bond donors (Lipinski definition) is 2. The molecule has 3 nitrogen and oxygen atoms in total. The van der Waals surface area contributed by atoms with Crippen LogP contribution in [-0.2, 0) is 16.5 Å². The van der Waals surface area contributed by atoms with Crippen LogP contribution in [0.15, 0.2) is 30.5 Å². The average molecular weight is 488 g/mol. The van der Waals surface area contributed by atoms with Crippen molar-refractivity contribution in [2.45, 2.75) is 0 Å². The van der Waals surface area contributed by atoms with Crippen molar-refractivity contribution in [1.82, 2.24) is 4.98 Å². The molecular weight excluding hydrogens is 476 g/mol. The van der Waals surface area contributed by atoms with Crippen LogP contribution >= 0.6 is 30.4 Å². The van der Waals surface area contributed by atoms with Crippen LogP contribution in [0.1, 0.15) is 0 Å². The van der Waals surface area contributed by atoms with Gasteiger partial charge in [-0.15, -0.1) is 0 Å². The van der Waals surface area contributed by atoms with Crippen molar-refractivity contribution >= 4 is 47.0 Å². The Bertz CT molecular complexity index is 496. The van der Waals surface area contributed by atoms with Crippen LogP contribution in [0.3, 0.4) is 0 Å². The van der Waals surface area contributed by atoms with Gasteiger partial charge in [-0.05, 0) is 24.3 Å². The fourth-order valence-corrected chi connectivity index (χ4v) is 1.65. The molecule has 0 aliphatic rings. The van der Waals surface area contributed by atoms with E-state index in [0.717, 1.165) is 23.1 Å². The van der Waals surface area contributed by atoms with E-state index in [4.69, 9.17) is 36.2 Å². The Hall–Kier alpha value is -0.0517. The van der Waals surface area contributed by atoms with Gasteiger partial charge in [-0.2, -0.15) is 0 Å². The molecule has 1 aromatic heterocycles. The van der Waals surface area contributed by atoms with Crippen molar-refractivity contribution in [3.63, 3.8) is 0 Å². The first-order valence-electron chi connectivity index (χ1n) is 5.03. The molecule has 0 spiro atoms. The number of halogens is 3. The molecule has 0 aliphatic heterocycles. The van der Waals surface area contributed by atoms with Crippen LogP contribution in [0.5, 0.6) is 0 Å². The van der Waals surface area contributed by atoms with Gasteiger partial charge < -0.3 is 11.1 Å². The Morgan fingerprint density at radius 3 is 2.67 bits per heavy atom. The molecule has 0 saturated carbocycles. The summed E-state index contributed by atoms with van der Waals surface area (Å²) >= 11 is 5.42. The molecule has 0 amide bonds. The molecule has 102 valence electrons. The Labute approximate surface area is 127 Å². The number of fused-ring (bicyclic) bond motifs is 1. The van der Waals surface area contributed by atoms with Crippen LogP contribution in [0, 0.1) is 0 Å². The standard InChI is InChI=1S/C11H12ClN3.2ClH.Pt/c12-8-1-2-9-10(15-6-4-13)3-5-14-11(9)7-8;;;/h1-3,5,7H,4,6,13H2,(H,14,15);2*1H;/q;;;+2/p-2. The third-order valence-corrected chi connectivity index (χ3v) is 2.40. The maximum atomic E-state index is 5.89. The zero-order valence-corrected chi connectivity index (χ0v) is 13.8. The van der Waals surface area contributed by atoms with Crippen LogP contribution < -0.4 is 11.1 Å². The first kappa shape index (κ1) is 16.0. The molecule has 18 heavy (non-hydrogen) atoms. The molecule has 2 rings (SSSR count). The number of aromatic nitrogens is 1. The third kappa shape index (κ3) is 4.91. The minimum absolute atomic E-state index is 0.472. The van der Waals surface area contributed by atoms with Crippen LogP contribution in [-0.4, -0.2) is 18.1 Å². The predicted molar refractivity (Wildman–Crippen MR) is 76.0 cm³/mol. The van der Waals surface area contributed by atoms with Gasteiger partial charge in [-0.25, -0.2) is 0 Å². The van der Waals surface area contributed by atoms with E-state index in [2.05, 4.69) is 10.3 Å². The van der Waals surface area contributed by atoms with Gasteiger partial charge in [-0.1, -0.05) is 11.6 Å². The van der Waals surface area contributed by atoms with Crippen molar-refractivity contribution in [2.24, 2.45) is 5.73 Å². The molecule has 0 saturated heterocycles. The third-order valence-electron chi connectivity index (χ3n) is 2.16. The average Bonchev–Trinajstić information content (AvgIpc) is 2.36. The summed E-state index contributed by atoms with van der Waals surface area (Å²) in [6.07, 6.45) is 1.76. The van der Waals surface area contributed by atoms with Gasteiger partial charge in [0.15, 0.2) is 0 Å². The molecule has 0 aliphatic carbocycles. The van der Waals surface area contributed by atoms with Crippen LogP contribution in [0.2, 0.25) is 5.02 Å². The number of pyridine rings is 1. The van der Waals surface area contributed by atoms with E-state index < -0.39 is 16.5 Å². The van der Waals surface area contributed by atoms with Crippen molar-refractivity contribution < 1.29 is 16.5 Å². The van der Waals surface area contributed by atoms with Crippen molar-refractivity contribution in [2.75, 3.05) is 18.4 Å². The zero-order valence-electron chi connectivity index (χ0n) is 9.28. The zero-order chi connectivity index (χ0) is 13.4. The normalized spacial score (nSPS) is 10.0. The molecule has 0 atom stereocenters. The van der Waals surface area contributed by atoms with Gasteiger partial charge in [-0.3, -0.25) is 4.98 Å². The second-order valence-electron chi connectivity index (χ2n) is 3.28. The van der Waals surface area contributed by atoms with Crippen LogP contribution in [0.25, 0.3) is 10.9 Å². The van der Waals surface area contributed by atoms with Crippen molar-refractivity contribution in [3.8, 4) is 0 Å². The minimum atomic E-state index is -0.472. The summed E-state index contributed by atoms with van der Waals surface area (Å²) in [5.74, 6) is 0. The van der Waals surface area contributed by atoms with E-state index in [1.165, 1.54) is 0 Å². The maximum absolute atomic E-state index is 5.89. The van der Waals surface area contributed by atoms with E-state index in [9.17, 15) is 0 Å². The van der Waals surface area contributed by atoms with E-state index in [-0.39, 0.29) is 0 Å². The number of benzene rings is 1. The number of hydrogen-bond acceptors (Lipinski definition) is 3. The Morgan fingerprint density at radius 1 is 1.28 bits per heavy atom. The van der Waals surface area contributed by atoms with Crippen LogP contribution in [0.4, 0.5) is 5.69 Å². The van der Waals surface area contributed by atoms with E-state index in [1.807, 2.05) is 24.3 Å². The van der Waals surface area contributed by atoms with Gasteiger partial charge in [0.1, 0.15) is 0 Å². The quantitative estimate of drug-likeness (QED) is 0.695. The van der Waals surface area contributed by atoms with Gasteiger partial charge in [0, 0.05) is 35.4 Å². The SMILES string of the molecule is NCCNc1ccnc2cc(Cl)ccc12.[Cl][Pt][Cl]. The Kier molecular flexibility index (Phi) is 7.96. The second kappa shape index (κ2) is 8.95. The molecule has 1 heterocycles. The molecule has 0 fully saturated rings. The Morgan fingerprint density at radius 2 is 2.00 bits per heavy atom. The molecule has 2 aromatic rings. The van der Waals surface area contributed by atoms with E-state index >= 15 is 0 Å². The van der Waals surface area contributed by atoms with Crippen molar-refractivity contribution in [3.05, 3.63) is 35.5 Å². The molecule has 1 aromatic carbocycles. The Balaban J connectivity index is 0.000000492. The van der Waals surface area contributed by atoms with Gasteiger partial charge >= 0.3 is 35.3 Å². The number of rotatable bonds is 3. The number of anilines is 1. The first-order chi connectivity index (χ1) is 8.72. The fourth-order valence-electron chi connectivity index (χ4n) is 1.48. The van der Waals surface area contributed by atoms with Gasteiger partial charge in [0.25, 0.3) is 0 Å². The number of nitrogens with two attached hydrogens (primary N) is 1. The summed E-state index contributed by atoms with van der Waals surface area (Å²) in [4.78, 5) is 4.26. The summed E-state index contributed by atoms with van der Waals surface area (Å²) < 4.78 is 0. The fraction of sp³-hybridized carbons (Fsp3) is 0.182. The molecule has 0 bridgehead atoms. The monoisotopic (exact) mass is 486 g/mol.